The van der Waals surface area contributed by atoms with Gasteiger partial charge in [0.1, 0.15) is 6.61 Å². The largest absolute Gasteiger partial charge is 0.461 e. The summed E-state index contributed by atoms with van der Waals surface area (Å²) in [5, 5.41) is 0. The number of carbonyl (C=O) groups is 3. The van der Waals surface area contributed by atoms with Gasteiger partial charge in [-0.1, -0.05) is 12.1 Å². The Morgan fingerprint density at radius 3 is 2.00 bits per heavy atom. The molecule has 0 radical (unpaired) electrons. The van der Waals surface area contributed by atoms with Gasteiger partial charge < -0.3 is 4.74 Å². The number of rotatable bonds is 1. The van der Waals surface area contributed by atoms with Gasteiger partial charge in [-0.05, 0) is 12.1 Å². The molecule has 0 saturated carbocycles. The molecule has 0 bridgehead atoms. The Morgan fingerprint density at radius 2 is 1.62 bits per heavy atom. The van der Waals surface area contributed by atoms with Gasteiger partial charge in [0.2, 0.25) is 0 Å². The fraction of sp³-hybridized carbons (Fsp3) is 0.182. The average molecular weight is 217 g/mol. The maximum atomic E-state index is 11.9. The normalized spacial score (nSPS) is 22.9. The number of hydrogen-bond donors (Lipinski definition) is 0. The Labute approximate surface area is 90.6 Å². The van der Waals surface area contributed by atoms with E-state index in [2.05, 4.69) is 4.74 Å². The van der Waals surface area contributed by atoms with Gasteiger partial charge in [0.05, 0.1) is 11.1 Å². The monoisotopic (exact) mass is 217 g/mol. The molecule has 1 fully saturated rings. The zero-order valence-corrected chi connectivity index (χ0v) is 8.17. The third kappa shape index (κ3) is 0.970. The number of imide groups is 1. The van der Waals surface area contributed by atoms with E-state index in [-0.39, 0.29) is 6.61 Å². The molecule has 0 aliphatic carbocycles. The maximum Gasteiger partial charge on any atom is 0.333 e. The number of nitrogens with zero attached hydrogens (tertiary/aromatic N) is 1. The first-order valence-electron chi connectivity index (χ1n) is 4.83. The Bertz CT molecular complexity index is 487. The fourth-order valence-corrected chi connectivity index (χ4v) is 1.90. The summed E-state index contributed by atoms with van der Waals surface area (Å²) in [6.07, 6.45) is 0. The molecule has 2 heterocycles. The van der Waals surface area contributed by atoms with E-state index in [0.29, 0.717) is 11.1 Å². The zero-order chi connectivity index (χ0) is 11.3. The highest BCUT2D eigenvalue weighted by atomic mass is 16.6. The number of carbonyl (C=O) groups excluding carboxylic acids is 3. The number of cyclic esters (lactones) is 1. The molecular weight excluding hydrogens is 210 g/mol. The minimum absolute atomic E-state index is 0.101. The summed E-state index contributed by atoms with van der Waals surface area (Å²) in [5.74, 6) is -1.35. The van der Waals surface area contributed by atoms with Gasteiger partial charge in [0, 0.05) is 0 Å². The molecule has 3 rings (SSSR count). The van der Waals surface area contributed by atoms with Crippen molar-refractivity contribution in [2.45, 2.75) is 6.04 Å². The van der Waals surface area contributed by atoms with E-state index >= 15 is 0 Å². The van der Waals surface area contributed by atoms with Gasteiger partial charge in [0.25, 0.3) is 11.8 Å². The van der Waals surface area contributed by atoms with Gasteiger partial charge in [-0.15, -0.1) is 0 Å². The van der Waals surface area contributed by atoms with Crippen LogP contribution in [0.1, 0.15) is 20.7 Å². The third-order valence-electron chi connectivity index (χ3n) is 2.79. The smallest absolute Gasteiger partial charge is 0.333 e. The third-order valence-corrected chi connectivity index (χ3v) is 2.79. The van der Waals surface area contributed by atoms with Crippen molar-refractivity contribution in [3.63, 3.8) is 0 Å². The molecule has 0 spiro atoms. The van der Waals surface area contributed by atoms with Crippen molar-refractivity contribution in [3.8, 4) is 0 Å². The molecule has 2 amide bonds. The Morgan fingerprint density at radius 1 is 1.06 bits per heavy atom. The van der Waals surface area contributed by atoms with Gasteiger partial charge in [-0.2, -0.15) is 0 Å². The molecule has 1 unspecified atom stereocenters. The molecule has 1 atom stereocenters. The van der Waals surface area contributed by atoms with Crippen LogP contribution in [0, 0.1) is 0 Å². The summed E-state index contributed by atoms with van der Waals surface area (Å²) >= 11 is 0. The summed E-state index contributed by atoms with van der Waals surface area (Å²) < 4.78 is 4.57. The number of fused-ring (bicyclic) bond motifs is 1. The predicted octanol–water partition coefficient (Wildman–Crippen LogP) is 0.208. The van der Waals surface area contributed by atoms with E-state index < -0.39 is 23.8 Å². The maximum absolute atomic E-state index is 11.9. The molecule has 1 saturated heterocycles. The van der Waals surface area contributed by atoms with E-state index in [4.69, 9.17) is 0 Å². The minimum Gasteiger partial charge on any atom is -0.461 e. The minimum atomic E-state index is -0.743. The molecule has 2 aliphatic heterocycles. The highest BCUT2D eigenvalue weighted by Gasteiger charge is 2.47. The molecule has 1 aromatic rings. The van der Waals surface area contributed by atoms with Crippen molar-refractivity contribution in [2.75, 3.05) is 6.61 Å². The van der Waals surface area contributed by atoms with Crippen molar-refractivity contribution >= 4 is 17.8 Å². The van der Waals surface area contributed by atoms with Crippen molar-refractivity contribution in [1.82, 2.24) is 4.90 Å². The molecule has 0 aromatic heterocycles. The molecule has 5 nitrogen and oxygen atoms in total. The van der Waals surface area contributed by atoms with Gasteiger partial charge >= 0.3 is 5.97 Å². The molecule has 80 valence electrons. The molecule has 16 heavy (non-hydrogen) atoms. The van der Waals surface area contributed by atoms with Gasteiger partial charge in [0.15, 0.2) is 6.04 Å². The second-order valence-electron chi connectivity index (χ2n) is 3.67. The van der Waals surface area contributed by atoms with Crippen LogP contribution < -0.4 is 0 Å². The van der Waals surface area contributed by atoms with Crippen molar-refractivity contribution in [2.24, 2.45) is 0 Å². The number of esters is 1. The highest BCUT2D eigenvalue weighted by Crippen LogP contribution is 2.27. The zero-order valence-electron chi connectivity index (χ0n) is 8.17. The SMILES string of the molecule is O=C1OCC1N1C(=O)c2ccccc2C1=O. The summed E-state index contributed by atoms with van der Waals surface area (Å²) in [4.78, 5) is 35.8. The predicted molar refractivity (Wildman–Crippen MR) is 51.7 cm³/mol. The molecule has 0 N–H and O–H groups in total. The van der Waals surface area contributed by atoms with Crippen LogP contribution >= 0.6 is 0 Å². The van der Waals surface area contributed by atoms with Gasteiger partial charge in [-0.25, -0.2) is 4.79 Å². The van der Waals surface area contributed by atoms with Crippen molar-refractivity contribution in [1.29, 1.82) is 0 Å². The topological polar surface area (TPSA) is 63.7 Å². The van der Waals surface area contributed by atoms with E-state index in [1.165, 1.54) is 0 Å². The van der Waals surface area contributed by atoms with Crippen LogP contribution in [-0.2, 0) is 9.53 Å². The Hall–Kier alpha value is -2.17. The van der Waals surface area contributed by atoms with E-state index in [1.807, 2.05) is 0 Å². The van der Waals surface area contributed by atoms with Crippen LogP contribution in [0.15, 0.2) is 24.3 Å². The van der Waals surface area contributed by atoms with Crippen molar-refractivity contribution in [3.05, 3.63) is 35.4 Å². The van der Waals surface area contributed by atoms with Gasteiger partial charge in [-0.3, -0.25) is 14.5 Å². The lowest BCUT2D eigenvalue weighted by atomic mass is 10.1. The lowest BCUT2D eigenvalue weighted by Gasteiger charge is -2.30. The van der Waals surface area contributed by atoms with Crippen LogP contribution in [0.4, 0.5) is 0 Å². The second-order valence-corrected chi connectivity index (χ2v) is 3.67. The lowest BCUT2D eigenvalue weighted by molar-refractivity contribution is -0.167. The standard InChI is InChI=1S/C11H7NO4/c13-9-6-3-1-2-4-7(6)10(14)12(9)8-5-16-11(8)15/h1-4,8H,5H2. The summed E-state index contributed by atoms with van der Waals surface area (Å²) in [6.45, 7) is 0.101. The molecule has 1 aromatic carbocycles. The molecule has 5 heteroatoms. The quantitative estimate of drug-likeness (QED) is 0.498. The van der Waals surface area contributed by atoms with E-state index in [9.17, 15) is 14.4 Å². The first-order chi connectivity index (χ1) is 7.70. The number of benzene rings is 1. The molecule has 2 aliphatic rings. The van der Waals surface area contributed by atoms with E-state index in [0.717, 1.165) is 4.90 Å². The second kappa shape index (κ2) is 2.91. The lowest BCUT2D eigenvalue weighted by Crippen LogP contribution is -2.55. The number of amides is 2. The highest BCUT2D eigenvalue weighted by molar-refractivity contribution is 6.22. The Balaban J connectivity index is 2.04. The Kier molecular flexibility index (Phi) is 1.65. The van der Waals surface area contributed by atoms with Crippen molar-refractivity contribution < 1.29 is 19.1 Å². The summed E-state index contributed by atoms with van der Waals surface area (Å²) in [7, 11) is 0. The summed E-state index contributed by atoms with van der Waals surface area (Å²) in [5.41, 5.74) is 0.708. The van der Waals surface area contributed by atoms with Crippen LogP contribution in [0.25, 0.3) is 0 Å². The first-order valence-corrected chi connectivity index (χ1v) is 4.83. The van der Waals surface area contributed by atoms with E-state index in [1.54, 1.807) is 24.3 Å². The van der Waals surface area contributed by atoms with Crippen LogP contribution in [-0.4, -0.2) is 35.3 Å². The average Bonchev–Trinajstić information content (AvgIpc) is 2.54. The first kappa shape index (κ1) is 9.08. The molecular formula is C11H7NO4. The fourth-order valence-electron chi connectivity index (χ4n) is 1.90. The summed E-state index contributed by atoms with van der Waals surface area (Å²) in [6, 6.07) is 5.80. The van der Waals surface area contributed by atoms with Crippen LogP contribution in [0.3, 0.4) is 0 Å². The van der Waals surface area contributed by atoms with Crippen LogP contribution in [0.5, 0.6) is 0 Å². The van der Waals surface area contributed by atoms with Crippen LogP contribution in [0.2, 0.25) is 0 Å². The number of ether oxygens (including phenoxy) is 1. The number of hydrogen-bond acceptors (Lipinski definition) is 4.